The second-order valence-corrected chi connectivity index (χ2v) is 4.39. The fourth-order valence-electron chi connectivity index (χ4n) is 1.97. The molecular formula is C12H18N4O2. The van der Waals surface area contributed by atoms with Crippen LogP contribution in [-0.4, -0.2) is 31.0 Å². The van der Waals surface area contributed by atoms with Gasteiger partial charge in [0.2, 0.25) is 0 Å². The number of fused-ring (bicyclic) bond motifs is 1. The molecule has 0 unspecified atom stereocenters. The van der Waals surface area contributed by atoms with E-state index in [9.17, 15) is 4.79 Å². The van der Waals surface area contributed by atoms with Crippen molar-refractivity contribution in [3.63, 3.8) is 0 Å². The molecule has 0 bridgehead atoms. The standard InChI is InChI=1S/C12H18N4O2/c1-15-11-10(8-14-15)12(18)16(9-13-11)6-4-2-3-5-7-17/h8-9,17H,2-7H2,1H3. The number of aliphatic hydroxyl groups excluding tert-OH is 1. The molecule has 2 aromatic rings. The predicted octanol–water partition coefficient (Wildman–Crippen LogP) is 0.683. The lowest BCUT2D eigenvalue weighted by Crippen LogP contribution is -2.20. The second-order valence-electron chi connectivity index (χ2n) is 4.39. The summed E-state index contributed by atoms with van der Waals surface area (Å²) in [6.45, 7) is 0.908. The normalized spacial score (nSPS) is 11.2. The molecule has 2 heterocycles. The Bertz CT molecular complexity index is 573. The molecule has 0 saturated carbocycles. The minimum absolute atomic E-state index is 0.0322. The van der Waals surface area contributed by atoms with Crippen LogP contribution in [0.3, 0.4) is 0 Å². The van der Waals surface area contributed by atoms with E-state index in [0.717, 1.165) is 25.7 Å². The summed E-state index contributed by atoms with van der Waals surface area (Å²) >= 11 is 0. The van der Waals surface area contributed by atoms with Crippen LogP contribution in [0.4, 0.5) is 0 Å². The van der Waals surface area contributed by atoms with Gasteiger partial charge in [0.1, 0.15) is 5.39 Å². The summed E-state index contributed by atoms with van der Waals surface area (Å²) in [5.41, 5.74) is 0.590. The molecule has 0 fully saturated rings. The van der Waals surface area contributed by atoms with Crippen molar-refractivity contribution in [2.75, 3.05) is 6.61 Å². The zero-order chi connectivity index (χ0) is 13.0. The summed E-state index contributed by atoms with van der Waals surface area (Å²) in [7, 11) is 1.77. The molecule has 0 spiro atoms. The van der Waals surface area contributed by atoms with Gasteiger partial charge in [0.15, 0.2) is 5.65 Å². The van der Waals surface area contributed by atoms with E-state index in [1.165, 1.54) is 0 Å². The van der Waals surface area contributed by atoms with Gasteiger partial charge in [-0.25, -0.2) is 4.98 Å². The molecule has 0 saturated heterocycles. The van der Waals surface area contributed by atoms with Crippen molar-refractivity contribution in [2.45, 2.75) is 32.2 Å². The number of aromatic nitrogens is 4. The molecule has 0 atom stereocenters. The molecule has 1 N–H and O–H groups in total. The first-order valence-electron chi connectivity index (χ1n) is 6.22. The molecule has 6 nitrogen and oxygen atoms in total. The number of aryl methyl sites for hydroxylation is 2. The topological polar surface area (TPSA) is 72.9 Å². The van der Waals surface area contributed by atoms with E-state index in [0.29, 0.717) is 17.6 Å². The van der Waals surface area contributed by atoms with Crippen molar-refractivity contribution >= 4 is 11.0 Å². The third-order valence-corrected chi connectivity index (χ3v) is 3.03. The molecule has 0 aromatic carbocycles. The van der Waals surface area contributed by atoms with Gasteiger partial charge in [-0.05, 0) is 12.8 Å². The average molecular weight is 250 g/mol. The molecule has 18 heavy (non-hydrogen) atoms. The molecule has 2 aromatic heterocycles. The van der Waals surface area contributed by atoms with Crippen LogP contribution in [-0.2, 0) is 13.6 Å². The van der Waals surface area contributed by atoms with E-state index in [1.807, 2.05) is 0 Å². The maximum atomic E-state index is 12.1. The average Bonchev–Trinajstić information content (AvgIpc) is 2.74. The highest BCUT2D eigenvalue weighted by Crippen LogP contribution is 2.05. The smallest absolute Gasteiger partial charge is 0.264 e. The van der Waals surface area contributed by atoms with E-state index in [-0.39, 0.29) is 12.2 Å². The predicted molar refractivity (Wildman–Crippen MR) is 68.3 cm³/mol. The van der Waals surface area contributed by atoms with E-state index in [2.05, 4.69) is 10.1 Å². The van der Waals surface area contributed by atoms with Gasteiger partial charge in [-0.15, -0.1) is 0 Å². The van der Waals surface area contributed by atoms with E-state index < -0.39 is 0 Å². The van der Waals surface area contributed by atoms with Crippen LogP contribution >= 0.6 is 0 Å². The minimum Gasteiger partial charge on any atom is -0.396 e. The highest BCUT2D eigenvalue weighted by molar-refractivity contribution is 5.72. The Morgan fingerprint density at radius 2 is 2.06 bits per heavy atom. The molecular weight excluding hydrogens is 232 g/mol. The van der Waals surface area contributed by atoms with E-state index in [1.54, 1.807) is 28.8 Å². The van der Waals surface area contributed by atoms with Crippen molar-refractivity contribution in [2.24, 2.45) is 7.05 Å². The third-order valence-electron chi connectivity index (χ3n) is 3.03. The van der Waals surface area contributed by atoms with Gasteiger partial charge in [-0.1, -0.05) is 12.8 Å². The summed E-state index contributed by atoms with van der Waals surface area (Å²) in [5.74, 6) is 0. The first-order valence-corrected chi connectivity index (χ1v) is 6.22. The van der Waals surface area contributed by atoms with Gasteiger partial charge in [-0.2, -0.15) is 5.10 Å². The van der Waals surface area contributed by atoms with Crippen molar-refractivity contribution < 1.29 is 5.11 Å². The fraction of sp³-hybridized carbons (Fsp3) is 0.583. The number of hydrogen-bond donors (Lipinski definition) is 1. The van der Waals surface area contributed by atoms with E-state index in [4.69, 9.17) is 5.11 Å². The van der Waals surface area contributed by atoms with Gasteiger partial charge in [-0.3, -0.25) is 14.0 Å². The van der Waals surface area contributed by atoms with Crippen LogP contribution in [0.15, 0.2) is 17.3 Å². The summed E-state index contributed by atoms with van der Waals surface area (Å²) in [6.07, 6.45) is 6.90. The monoisotopic (exact) mass is 250 g/mol. The Balaban J connectivity index is 2.05. The van der Waals surface area contributed by atoms with Crippen LogP contribution in [0, 0.1) is 0 Å². The summed E-state index contributed by atoms with van der Waals surface area (Å²) in [5, 5.41) is 13.3. The van der Waals surface area contributed by atoms with E-state index >= 15 is 0 Å². The summed E-state index contributed by atoms with van der Waals surface area (Å²) in [4.78, 5) is 16.3. The Morgan fingerprint density at radius 1 is 1.28 bits per heavy atom. The van der Waals surface area contributed by atoms with Crippen LogP contribution in [0.2, 0.25) is 0 Å². The molecule has 98 valence electrons. The lowest BCUT2D eigenvalue weighted by molar-refractivity contribution is 0.282. The summed E-state index contributed by atoms with van der Waals surface area (Å²) < 4.78 is 3.23. The van der Waals surface area contributed by atoms with Gasteiger partial charge < -0.3 is 5.11 Å². The van der Waals surface area contributed by atoms with Crippen molar-refractivity contribution in [3.05, 3.63) is 22.9 Å². The maximum absolute atomic E-state index is 12.1. The molecule has 0 aliphatic rings. The Kier molecular flexibility index (Phi) is 4.09. The maximum Gasteiger partial charge on any atom is 0.264 e. The Morgan fingerprint density at radius 3 is 2.83 bits per heavy atom. The quantitative estimate of drug-likeness (QED) is 0.765. The number of rotatable bonds is 6. The highest BCUT2D eigenvalue weighted by Gasteiger charge is 2.07. The number of nitrogens with zero attached hydrogens (tertiary/aromatic N) is 4. The molecule has 0 amide bonds. The fourth-order valence-corrected chi connectivity index (χ4v) is 1.97. The first kappa shape index (κ1) is 12.8. The molecule has 6 heteroatoms. The third kappa shape index (κ3) is 2.59. The highest BCUT2D eigenvalue weighted by atomic mass is 16.2. The van der Waals surface area contributed by atoms with Crippen molar-refractivity contribution in [1.29, 1.82) is 0 Å². The lowest BCUT2D eigenvalue weighted by Gasteiger charge is -2.04. The van der Waals surface area contributed by atoms with Gasteiger partial charge in [0, 0.05) is 20.2 Å². The minimum atomic E-state index is -0.0322. The second kappa shape index (κ2) is 5.77. The van der Waals surface area contributed by atoms with Crippen LogP contribution in [0.25, 0.3) is 11.0 Å². The van der Waals surface area contributed by atoms with Gasteiger partial charge in [0.25, 0.3) is 5.56 Å². The number of hydrogen-bond acceptors (Lipinski definition) is 4. The Labute approximate surface area is 105 Å². The largest absolute Gasteiger partial charge is 0.396 e. The first-order chi connectivity index (χ1) is 8.74. The van der Waals surface area contributed by atoms with Gasteiger partial charge in [0.05, 0.1) is 12.5 Å². The molecule has 0 aliphatic carbocycles. The zero-order valence-corrected chi connectivity index (χ0v) is 10.5. The molecule has 0 radical (unpaired) electrons. The van der Waals surface area contributed by atoms with Crippen molar-refractivity contribution in [3.8, 4) is 0 Å². The zero-order valence-electron chi connectivity index (χ0n) is 10.5. The number of aliphatic hydroxyl groups is 1. The Hall–Kier alpha value is -1.69. The van der Waals surface area contributed by atoms with Crippen LogP contribution < -0.4 is 5.56 Å². The van der Waals surface area contributed by atoms with Crippen LogP contribution in [0.1, 0.15) is 25.7 Å². The molecule has 0 aliphatic heterocycles. The van der Waals surface area contributed by atoms with Crippen LogP contribution in [0.5, 0.6) is 0 Å². The van der Waals surface area contributed by atoms with Gasteiger partial charge >= 0.3 is 0 Å². The summed E-state index contributed by atoms with van der Waals surface area (Å²) in [6, 6.07) is 0. The van der Waals surface area contributed by atoms with Crippen molar-refractivity contribution in [1.82, 2.24) is 19.3 Å². The molecule has 2 rings (SSSR count). The SMILES string of the molecule is Cn1ncc2c(=O)n(CCCCCCO)cnc21. The number of unbranched alkanes of at least 4 members (excludes halogenated alkanes) is 3. The lowest BCUT2D eigenvalue weighted by atomic mass is 10.2.